The molecule has 0 aliphatic carbocycles. The molecule has 1 aromatic rings. The van der Waals surface area contributed by atoms with Gasteiger partial charge in [-0.05, 0) is 29.5 Å². The molecule has 0 bridgehead atoms. The second kappa shape index (κ2) is 4.67. The van der Waals surface area contributed by atoms with Gasteiger partial charge >= 0.3 is 0 Å². The molecule has 0 spiro atoms. The van der Waals surface area contributed by atoms with E-state index >= 15 is 0 Å². The van der Waals surface area contributed by atoms with Crippen molar-refractivity contribution in [3.05, 3.63) is 35.4 Å². The zero-order valence-corrected chi connectivity index (χ0v) is 9.98. The van der Waals surface area contributed by atoms with Crippen LogP contribution < -0.4 is 0 Å². The summed E-state index contributed by atoms with van der Waals surface area (Å²) in [6.07, 6.45) is 0. The van der Waals surface area contributed by atoms with Crippen molar-refractivity contribution in [2.24, 2.45) is 11.8 Å². The predicted octanol–water partition coefficient (Wildman–Crippen LogP) is 2.65. The van der Waals surface area contributed by atoms with Gasteiger partial charge in [0.05, 0.1) is 11.6 Å². The molecule has 16 heavy (non-hydrogen) atoms. The normalized spacial score (nSPS) is 17.1. The van der Waals surface area contributed by atoms with Crippen molar-refractivity contribution in [1.29, 1.82) is 5.26 Å². The van der Waals surface area contributed by atoms with Crippen molar-refractivity contribution in [3.63, 3.8) is 0 Å². The second-order valence-corrected chi connectivity index (χ2v) is 5.01. The van der Waals surface area contributed by atoms with E-state index in [2.05, 4.69) is 30.9 Å². The largest absolute Gasteiger partial charge is 0.298 e. The fourth-order valence-corrected chi connectivity index (χ4v) is 2.16. The summed E-state index contributed by atoms with van der Waals surface area (Å²) in [6, 6.07) is 10.1. The van der Waals surface area contributed by atoms with Crippen molar-refractivity contribution in [2.45, 2.75) is 20.4 Å². The van der Waals surface area contributed by atoms with Gasteiger partial charge in [0, 0.05) is 19.6 Å². The average Bonchev–Trinajstić information content (AvgIpc) is 2.22. The fourth-order valence-electron chi connectivity index (χ4n) is 2.16. The summed E-state index contributed by atoms with van der Waals surface area (Å²) in [7, 11) is 0. The van der Waals surface area contributed by atoms with E-state index in [1.165, 1.54) is 18.7 Å². The first-order valence-electron chi connectivity index (χ1n) is 5.90. The summed E-state index contributed by atoms with van der Waals surface area (Å²) in [5, 5.41) is 8.82. The van der Waals surface area contributed by atoms with Gasteiger partial charge in [-0.2, -0.15) is 5.26 Å². The van der Waals surface area contributed by atoms with Crippen molar-refractivity contribution in [1.82, 2.24) is 4.90 Å². The molecule has 1 aliphatic rings. The lowest BCUT2D eigenvalue weighted by Crippen LogP contribution is -2.48. The Bertz CT molecular complexity index is 397. The zero-order chi connectivity index (χ0) is 11.5. The van der Waals surface area contributed by atoms with Gasteiger partial charge in [-0.3, -0.25) is 4.90 Å². The summed E-state index contributed by atoms with van der Waals surface area (Å²) in [5.41, 5.74) is 2.01. The highest BCUT2D eigenvalue weighted by Gasteiger charge is 2.28. The van der Waals surface area contributed by atoms with Crippen molar-refractivity contribution in [2.75, 3.05) is 13.1 Å². The molecule has 0 N–H and O–H groups in total. The summed E-state index contributed by atoms with van der Waals surface area (Å²) < 4.78 is 0. The van der Waals surface area contributed by atoms with E-state index in [1.54, 1.807) is 0 Å². The van der Waals surface area contributed by atoms with E-state index in [0.717, 1.165) is 23.9 Å². The van der Waals surface area contributed by atoms with Crippen LogP contribution in [0.15, 0.2) is 24.3 Å². The van der Waals surface area contributed by atoms with Crippen LogP contribution in [0.25, 0.3) is 0 Å². The fraction of sp³-hybridized carbons (Fsp3) is 0.500. The first kappa shape index (κ1) is 11.2. The summed E-state index contributed by atoms with van der Waals surface area (Å²) >= 11 is 0. The third-order valence-electron chi connectivity index (χ3n) is 3.39. The molecule has 1 saturated heterocycles. The predicted molar refractivity (Wildman–Crippen MR) is 64.8 cm³/mol. The van der Waals surface area contributed by atoms with Gasteiger partial charge < -0.3 is 0 Å². The molecule has 2 nitrogen and oxygen atoms in total. The third kappa shape index (κ3) is 2.43. The Morgan fingerprint density at radius 3 is 2.81 bits per heavy atom. The summed E-state index contributed by atoms with van der Waals surface area (Å²) in [4.78, 5) is 2.45. The highest BCUT2D eigenvalue weighted by Crippen LogP contribution is 2.24. The van der Waals surface area contributed by atoms with E-state index < -0.39 is 0 Å². The molecular weight excluding hydrogens is 196 g/mol. The monoisotopic (exact) mass is 214 g/mol. The molecule has 2 rings (SSSR count). The average molecular weight is 214 g/mol. The van der Waals surface area contributed by atoms with Gasteiger partial charge in [-0.15, -0.1) is 0 Å². The number of hydrogen-bond acceptors (Lipinski definition) is 2. The Morgan fingerprint density at radius 1 is 1.44 bits per heavy atom. The third-order valence-corrected chi connectivity index (χ3v) is 3.39. The van der Waals surface area contributed by atoms with Crippen LogP contribution in [0.4, 0.5) is 0 Å². The maximum atomic E-state index is 8.82. The van der Waals surface area contributed by atoms with Crippen molar-refractivity contribution < 1.29 is 0 Å². The van der Waals surface area contributed by atoms with Crippen molar-refractivity contribution in [3.8, 4) is 6.07 Å². The van der Waals surface area contributed by atoms with Crippen LogP contribution in [0.2, 0.25) is 0 Å². The molecule has 1 heterocycles. The molecule has 1 fully saturated rings. The van der Waals surface area contributed by atoms with Crippen LogP contribution in [-0.2, 0) is 6.54 Å². The van der Waals surface area contributed by atoms with Crippen LogP contribution >= 0.6 is 0 Å². The molecule has 0 unspecified atom stereocenters. The second-order valence-electron chi connectivity index (χ2n) is 5.01. The first-order chi connectivity index (χ1) is 7.69. The molecule has 1 aromatic carbocycles. The maximum Gasteiger partial charge on any atom is 0.0991 e. The van der Waals surface area contributed by atoms with Crippen molar-refractivity contribution >= 4 is 0 Å². The molecule has 0 saturated carbocycles. The highest BCUT2D eigenvalue weighted by atomic mass is 15.2. The smallest absolute Gasteiger partial charge is 0.0991 e. The SMILES string of the molecule is CC(C)C1CN(Cc2cccc(C#N)c2)C1. The van der Waals surface area contributed by atoms with Crippen LogP contribution in [0.3, 0.4) is 0 Å². The number of hydrogen-bond donors (Lipinski definition) is 0. The first-order valence-corrected chi connectivity index (χ1v) is 5.90. The van der Waals surface area contributed by atoms with Gasteiger partial charge in [0.2, 0.25) is 0 Å². The Hall–Kier alpha value is -1.33. The molecule has 0 aromatic heterocycles. The minimum Gasteiger partial charge on any atom is -0.298 e. The van der Waals surface area contributed by atoms with Crippen LogP contribution in [0, 0.1) is 23.2 Å². The lowest BCUT2D eigenvalue weighted by molar-refractivity contribution is 0.0614. The van der Waals surface area contributed by atoms with Crippen LogP contribution in [-0.4, -0.2) is 18.0 Å². The summed E-state index contributed by atoms with van der Waals surface area (Å²) in [5.74, 6) is 1.65. The number of likely N-dealkylation sites (tertiary alicyclic amines) is 1. The van der Waals surface area contributed by atoms with Gasteiger partial charge in [-0.1, -0.05) is 26.0 Å². The topological polar surface area (TPSA) is 27.0 Å². The molecule has 0 amide bonds. The minimum atomic E-state index is 0.762. The molecule has 0 radical (unpaired) electrons. The maximum absolute atomic E-state index is 8.82. The lowest BCUT2D eigenvalue weighted by atomic mass is 9.88. The molecule has 1 aliphatic heterocycles. The van der Waals surface area contributed by atoms with E-state index in [-0.39, 0.29) is 0 Å². The number of benzene rings is 1. The van der Waals surface area contributed by atoms with E-state index in [9.17, 15) is 0 Å². The van der Waals surface area contributed by atoms with Crippen LogP contribution in [0.5, 0.6) is 0 Å². The van der Waals surface area contributed by atoms with Crippen LogP contribution in [0.1, 0.15) is 25.0 Å². The molecule has 0 atom stereocenters. The molecule has 84 valence electrons. The summed E-state index contributed by atoms with van der Waals surface area (Å²) in [6.45, 7) is 7.97. The van der Waals surface area contributed by atoms with Gasteiger partial charge in [0.15, 0.2) is 0 Å². The van der Waals surface area contributed by atoms with Gasteiger partial charge in [-0.25, -0.2) is 0 Å². The Balaban J connectivity index is 1.89. The van der Waals surface area contributed by atoms with E-state index in [1.807, 2.05) is 18.2 Å². The van der Waals surface area contributed by atoms with Gasteiger partial charge in [0.1, 0.15) is 0 Å². The molecular formula is C14H18N2. The highest BCUT2D eigenvalue weighted by molar-refractivity contribution is 5.32. The van der Waals surface area contributed by atoms with E-state index in [4.69, 9.17) is 5.26 Å². The van der Waals surface area contributed by atoms with E-state index in [0.29, 0.717) is 0 Å². The standard InChI is InChI=1S/C14H18N2/c1-11(2)14-9-16(10-14)8-13-5-3-4-12(6-13)7-15/h3-6,11,14H,8-10H2,1-2H3. The Morgan fingerprint density at radius 2 is 2.19 bits per heavy atom. The number of nitrogens with zero attached hydrogens (tertiary/aromatic N) is 2. The Labute approximate surface area is 97.5 Å². The van der Waals surface area contributed by atoms with Gasteiger partial charge in [0.25, 0.3) is 0 Å². The lowest BCUT2D eigenvalue weighted by Gasteiger charge is -2.41. The Kier molecular flexibility index (Phi) is 3.26. The number of nitriles is 1. The quantitative estimate of drug-likeness (QED) is 0.773. The molecule has 2 heteroatoms. The number of rotatable bonds is 3. The minimum absolute atomic E-state index is 0.762. The zero-order valence-electron chi connectivity index (χ0n) is 9.98.